The zero-order valence-electron chi connectivity index (χ0n) is 48.8. The van der Waals surface area contributed by atoms with E-state index >= 15 is 0 Å². The lowest BCUT2D eigenvalue weighted by Gasteiger charge is -2.37. The number of Topliss-reactive ketones (excluding diaryl/α,β-unsaturated/α-hetero) is 2. The van der Waals surface area contributed by atoms with Gasteiger partial charge in [0, 0.05) is 79.9 Å². The third-order valence-corrected chi connectivity index (χ3v) is 14.8. The number of benzene rings is 1. The van der Waals surface area contributed by atoms with Crippen LogP contribution in [0, 0.1) is 23.7 Å². The van der Waals surface area contributed by atoms with Crippen molar-refractivity contribution in [3.05, 3.63) is 35.9 Å². The van der Waals surface area contributed by atoms with Crippen LogP contribution in [0.2, 0.25) is 0 Å². The van der Waals surface area contributed by atoms with E-state index in [9.17, 15) is 53.1 Å². The lowest BCUT2D eigenvalue weighted by Crippen LogP contribution is -2.58. The topological polar surface area (TPSA) is 244 Å². The van der Waals surface area contributed by atoms with Crippen LogP contribution in [0.15, 0.2) is 30.3 Å². The van der Waals surface area contributed by atoms with Crippen molar-refractivity contribution in [2.75, 3.05) is 61.5 Å². The van der Waals surface area contributed by atoms with E-state index in [-0.39, 0.29) is 62.9 Å². The van der Waals surface area contributed by atoms with Crippen LogP contribution >= 0.6 is 0 Å². The Labute approximate surface area is 457 Å². The Morgan fingerprint density at radius 2 is 1.26 bits per heavy atom. The summed E-state index contributed by atoms with van der Waals surface area (Å²) in [4.78, 5) is 151. The molecule has 0 spiro atoms. The molecule has 3 rings (SSSR count). The number of amides is 8. The molecule has 0 radical (unpaired) electrons. The van der Waals surface area contributed by atoms with Gasteiger partial charge in [0.05, 0.1) is 36.8 Å². The number of aliphatic hydroxyl groups excluding tert-OH is 1. The van der Waals surface area contributed by atoms with Crippen molar-refractivity contribution in [1.82, 2.24) is 40.0 Å². The highest BCUT2D eigenvalue weighted by Gasteiger charge is 2.41. The van der Waals surface area contributed by atoms with Gasteiger partial charge in [-0.25, -0.2) is 0 Å². The molecule has 1 aromatic rings. The van der Waals surface area contributed by atoms with Crippen molar-refractivity contribution in [3.63, 3.8) is 0 Å². The lowest BCUT2D eigenvalue weighted by atomic mass is 9.89. The fourth-order valence-electron chi connectivity index (χ4n) is 9.80. The quantitative estimate of drug-likeness (QED) is 0.306. The number of rotatable bonds is 10. The molecule has 2 heterocycles. The predicted molar refractivity (Wildman–Crippen MR) is 291 cm³/mol. The molecule has 77 heavy (non-hydrogen) atoms. The second-order valence-corrected chi connectivity index (χ2v) is 23.3. The van der Waals surface area contributed by atoms with Gasteiger partial charge in [-0.05, 0) is 97.5 Å². The summed E-state index contributed by atoms with van der Waals surface area (Å²) < 4.78 is 6.06. The van der Waals surface area contributed by atoms with Crippen LogP contribution in [0.1, 0.15) is 133 Å². The Balaban J connectivity index is 2.19. The van der Waals surface area contributed by atoms with E-state index in [2.05, 4.69) is 10.6 Å². The maximum atomic E-state index is 14.9. The Hall–Kier alpha value is -5.76. The van der Waals surface area contributed by atoms with Gasteiger partial charge in [-0.3, -0.25) is 47.9 Å². The van der Waals surface area contributed by atoms with E-state index in [0.29, 0.717) is 18.7 Å². The van der Waals surface area contributed by atoms with Crippen molar-refractivity contribution < 1.29 is 57.8 Å². The molecular weight excluding hydrogens is 989 g/mol. The maximum Gasteiger partial charge on any atom is 0.246 e. The van der Waals surface area contributed by atoms with E-state index in [1.54, 1.807) is 49.9 Å². The Morgan fingerprint density at radius 3 is 1.82 bits per heavy atom. The second-order valence-electron chi connectivity index (χ2n) is 23.3. The van der Waals surface area contributed by atoms with Crippen LogP contribution in [0.5, 0.6) is 0 Å². The minimum Gasteiger partial charge on any atom is -0.393 e. The summed E-state index contributed by atoms with van der Waals surface area (Å²) in [5, 5.41) is 16.6. The summed E-state index contributed by atoms with van der Waals surface area (Å²) in [5.74, 6) is -8.46. The number of nitrogens with one attached hydrogen (secondary N) is 2. The molecule has 20 nitrogen and oxygen atoms in total. The average molecular weight is 1080 g/mol. The number of nitrogens with zero attached hydrogens (tertiary/aromatic N) is 6. The molecule has 9 atom stereocenters. The number of likely N-dealkylation sites (N-methyl/N-ethyl adjacent to an activating group) is 5. The first kappa shape index (κ1) is 65.5. The van der Waals surface area contributed by atoms with E-state index in [4.69, 9.17) is 4.74 Å². The molecule has 1 unspecified atom stereocenters. The van der Waals surface area contributed by atoms with Gasteiger partial charge in [0.1, 0.15) is 30.2 Å². The van der Waals surface area contributed by atoms with Gasteiger partial charge >= 0.3 is 0 Å². The molecule has 0 saturated carbocycles. The highest BCUT2D eigenvalue weighted by atomic mass is 16.5. The van der Waals surface area contributed by atoms with E-state index < -0.39 is 126 Å². The molecule has 0 aromatic heterocycles. The Kier molecular flexibility index (Phi) is 25.4. The van der Waals surface area contributed by atoms with Gasteiger partial charge < -0.3 is 49.9 Å². The molecule has 1 aromatic carbocycles. The molecule has 3 N–H and O–H groups in total. The highest BCUT2D eigenvalue weighted by Crippen LogP contribution is 2.25. The fourth-order valence-corrected chi connectivity index (χ4v) is 9.80. The molecule has 2 aliphatic heterocycles. The van der Waals surface area contributed by atoms with Gasteiger partial charge in [0.25, 0.3) is 0 Å². The summed E-state index contributed by atoms with van der Waals surface area (Å²) in [6.45, 7) is 17.2. The van der Waals surface area contributed by atoms with Crippen LogP contribution in [-0.4, -0.2) is 203 Å². The van der Waals surface area contributed by atoms with Crippen molar-refractivity contribution >= 4 is 58.8 Å². The number of piperidine rings is 1. The third kappa shape index (κ3) is 19.6. The van der Waals surface area contributed by atoms with Gasteiger partial charge in [0.2, 0.25) is 47.3 Å². The summed E-state index contributed by atoms with van der Waals surface area (Å²) in [6, 6.07) is 1.96. The van der Waals surface area contributed by atoms with Gasteiger partial charge in [-0.1, -0.05) is 58.0 Å². The monoisotopic (exact) mass is 1080 g/mol. The molecular formula is C57H92N8O12. The number of aliphatic hydroxyl groups is 1. The van der Waals surface area contributed by atoms with Gasteiger partial charge in [0.15, 0.2) is 11.6 Å². The molecule has 2 saturated heterocycles. The van der Waals surface area contributed by atoms with Crippen LogP contribution in [0.25, 0.3) is 0 Å². The number of carbonyl (C=O) groups is 10. The van der Waals surface area contributed by atoms with Gasteiger partial charge in [-0.15, -0.1) is 0 Å². The molecule has 20 heteroatoms. The third-order valence-electron chi connectivity index (χ3n) is 14.8. The smallest absolute Gasteiger partial charge is 0.246 e. The lowest BCUT2D eigenvalue weighted by molar-refractivity contribution is -0.152. The van der Waals surface area contributed by atoms with Gasteiger partial charge in [-0.2, -0.15) is 0 Å². The first-order valence-corrected chi connectivity index (χ1v) is 27.5. The number of ether oxygens (including phenoxy) is 1. The summed E-state index contributed by atoms with van der Waals surface area (Å²) in [6.07, 6.45) is 0.241. The fraction of sp³-hybridized carbons (Fsp3) is 0.719. The number of likely N-dealkylation sites (tertiary alicyclic amines) is 1. The first-order valence-electron chi connectivity index (χ1n) is 27.5. The number of hydrogen-bond acceptors (Lipinski definition) is 12. The van der Waals surface area contributed by atoms with Crippen molar-refractivity contribution in [3.8, 4) is 0 Å². The summed E-state index contributed by atoms with van der Waals surface area (Å²) in [7, 11) is 7.08. The summed E-state index contributed by atoms with van der Waals surface area (Å²) >= 11 is 0. The minimum absolute atomic E-state index is 0.0334. The highest BCUT2D eigenvalue weighted by molar-refractivity contribution is 5.98. The molecule has 2 aliphatic rings. The van der Waals surface area contributed by atoms with Crippen LogP contribution in [0.3, 0.4) is 0 Å². The molecule has 2 fully saturated rings. The number of hydrogen-bond donors (Lipinski definition) is 3. The molecule has 0 aliphatic carbocycles. The Bertz CT molecular complexity index is 2210. The van der Waals surface area contributed by atoms with Crippen molar-refractivity contribution in [2.45, 2.75) is 181 Å². The van der Waals surface area contributed by atoms with Crippen LogP contribution < -0.4 is 10.6 Å². The number of carbonyl (C=O) groups excluding carboxylic acids is 10. The Morgan fingerprint density at radius 1 is 0.688 bits per heavy atom. The standard InChI is InChI=1S/C57H92N8O12/c1-35(2)28-44-48(68)32-42(39(7)66)55(75)60(11)33-50(70)62(13)45(29-36(3)4)51(71)59-43(34-77-57(8,9)10)47(67)31-41(54(74)65-26-20-17-21-27-65)24-25-49(69)58-37(5)52(72)61(12)38(6)53(73)64(15)46(56(76)63(44)14)30-40-22-18-16-19-23-40/h16,18-19,22-23,35-39,41-46,66H,17,20-21,24-34H2,1-15H3,(H,58,69)(H,59,71)/t37-,38-,39?,41+,42-,43-,44-,45-,46-/m0/s1. The SMILES string of the molecule is CC(C)C[C@H]1C(=O)N[C@@H](COC(C)(C)C)C(=O)C[C@H](C(=O)N2CCCCC2)CCC(=O)N[C@@H](C)C(=O)N(C)[C@@H](C)C(=O)N(C)[C@@H](Cc2ccccc2)C(=O)N(C)[C@@H](CC(C)C)C(=O)C[C@@H](C(C)O)C(=O)N(C)CC(=O)N1C. The largest absolute Gasteiger partial charge is 0.393 e. The normalized spacial score (nSPS) is 26.4. The molecule has 432 valence electrons. The minimum atomic E-state index is -1.38. The maximum absolute atomic E-state index is 14.9. The zero-order chi connectivity index (χ0) is 58.2. The van der Waals surface area contributed by atoms with Crippen LogP contribution in [-0.2, 0) is 59.1 Å². The van der Waals surface area contributed by atoms with Crippen molar-refractivity contribution in [1.29, 1.82) is 0 Å². The van der Waals surface area contributed by atoms with Crippen LogP contribution in [0.4, 0.5) is 0 Å². The van der Waals surface area contributed by atoms with E-state index in [1.165, 1.54) is 75.6 Å². The molecule has 0 bridgehead atoms. The van der Waals surface area contributed by atoms with Crippen molar-refractivity contribution in [2.24, 2.45) is 23.7 Å². The van der Waals surface area contributed by atoms with E-state index in [1.807, 2.05) is 33.8 Å². The zero-order valence-corrected chi connectivity index (χ0v) is 48.8. The first-order chi connectivity index (χ1) is 35.9. The summed E-state index contributed by atoms with van der Waals surface area (Å²) in [5.41, 5.74) is -0.0501. The van der Waals surface area contributed by atoms with E-state index in [0.717, 1.165) is 24.2 Å². The molecule has 8 amide bonds. The predicted octanol–water partition coefficient (Wildman–Crippen LogP) is 3.25. The average Bonchev–Trinajstić information content (AvgIpc) is 3.37. The second kappa shape index (κ2) is 29.8. The number of ketones is 2.